The summed E-state index contributed by atoms with van der Waals surface area (Å²) in [5, 5.41) is 7.06. The molecular formula is C11H18N4. The molecule has 0 bridgehead atoms. The molecule has 0 amide bonds. The molecule has 4 nitrogen and oxygen atoms in total. The second-order valence-electron chi connectivity index (χ2n) is 4.71. The van der Waals surface area contributed by atoms with E-state index in [2.05, 4.69) is 20.6 Å². The number of rotatable bonds is 4. The molecule has 82 valence electrons. The van der Waals surface area contributed by atoms with Gasteiger partial charge in [0.15, 0.2) is 0 Å². The number of H-pyrrole nitrogens is 1. The molecule has 1 aliphatic heterocycles. The van der Waals surface area contributed by atoms with E-state index in [9.17, 15) is 0 Å². The van der Waals surface area contributed by atoms with Crippen molar-refractivity contribution in [2.75, 3.05) is 13.1 Å². The lowest BCUT2D eigenvalue weighted by atomic mass is 10.1. The van der Waals surface area contributed by atoms with Crippen molar-refractivity contribution in [1.82, 2.24) is 20.6 Å². The molecule has 1 saturated carbocycles. The molecule has 1 aromatic rings. The summed E-state index contributed by atoms with van der Waals surface area (Å²) in [5.41, 5.74) is 2.50. The third-order valence-electron chi connectivity index (χ3n) is 3.34. The van der Waals surface area contributed by atoms with E-state index in [4.69, 9.17) is 0 Å². The lowest BCUT2D eigenvalue weighted by Crippen LogP contribution is -2.43. The number of nitrogens with one attached hydrogen (secondary N) is 3. The molecule has 0 spiro atoms. The van der Waals surface area contributed by atoms with Gasteiger partial charge in [0, 0.05) is 25.6 Å². The first kappa shape index (κ1) is 9.36. The van der Waals surface area contributed by atoms with Gasteiger partial charge in [-0.05, 0) is 25.3 Å². The van der Waals surface area contributed by atoms with Crippen LogP contribution in [0.2, 0.25) is 0 Å². The quantitative estimate of drug-likeness (QED) is 0.669. The van der Waals surface area contributed by atoms with Crippen LogP contribution in [0, 0.1) is 5.92 Å². The summed E-state index contributed by atoms with van der Waals surface area (Å²) in [7, 11) is 0. The second-order valence-corrected chi connectivity index (χ2v) is 4.71. The Bertz CT molecular complexity index is 329. The van der Waals surface area contributed by atoms with Crippen molar-refractivity contribution < 1.29 is 0 Å². The van der Waals surface area contributed by atoms with Gasteiger partial charge in [-0.2, -0.15) is 0 Å². The molecule has 15 heavy (non-hydrogen) atoms. The van der Waals surface area contributed by atoms with Crippen molar-refractivity contribution in [2.24, 2.45) is 5.92 Å². The normalized spacial score (nSPS) is 25.2. The predicted molar refractivity (Wildman–Crippen MR) is 58.5 cm³/mol. The molecule has 2 heterocycles. The van der Waals surface area contributed by atoms with Gasteiger partial charge in [-0.3, -0.25) is 0 Å². The Hall–Kier alpha value is -0.870. The Morgan fingerprint density at radius 2 is 2.33 bits per heavy atom. The van der Waals surface area contributed by atoms with Crippen LogP contribution in [0.25, 0.3) is 0 Å². The molecule has 3 N–H and O–H groups in total. The van der Waals surface area contributed by atoms with E-state index in [-0.39, 0.29) is 0 Å². The highest BCUT2D eigenvalue weighted by Gasteiger charge is 2.22. The lowest BCUT2D eigenvalue weighted by Gasteiger charge is -2.23. The number of hydrogen-bond donors (Lipinski definition) is 3. The third kappa shape index (κ3) is 2.21. The van der Waals surface area contributed by atoms with Gasteiger partial charge in [0.05, 0.1) is 17.7 Å². The van der Waals surface area contributed by atoms with Crippen LogP contribution in [-0.2, 0) is 13.0 Å². The van der Waals surface area contributed by atoms with Gasteiger partial charge in [-0.15, -0.1) is 0 Å². The summed E-state index contributed by atoms with van der Waals surface area (Å²) >= 11 is 0. The van der Waals surface area contributed by atoms with Crippen LogP contribution in [-0.4, -0.2) is 29.1 Å². The lowest BCUT2D eigenvalue weighted by molar-refractivity contribution is 0.437. The van der Waals surface area contributed by atoms with Crippen molar-refractivity contribution in [1.29, 1.82) is 0 Å². The van der Waals surface area contributed by atoms with E-state index in [1.165, 1.54) is 30.8 Å². The first-order chi connectivity index (χ1) is 7.42. The van der Waals surface area contributed by atoms with Crippen molar-refractivity contribution in [3.05, 3.63) is 17.7 Å². The average molecular weight is 206 g/mol. The topological polar surface area (TPSA) is 52.7 Å². The highest BCUT2D eigenvalue weighted by Crippen LogP contribution is 2.27. The number of hydrogen-bond acceptors (Lipinski definition) is 3. The largest absolute Gasteiger partial charge is 0.347 e. The number of aromatic nitrogens is 2. The SMILES string of the molecule is c1nc2c([nH]1)CNC(CNCC1CC1)C2. The summed E-state index contributed by atoms with van der Waals surface area (Å²) in [6, 6.07) is 0.555. The van der Waals surface area contributed by atoms with Crippen LogP contribution in [0.15, 0.2) is 6.33 Å². The first-order valence-corrected chi connectivity index (χ1v) is 5.87. The van der Waals surface area contributed by atoms with Crippen LogP contribution in [0.5, 0.6) is 0 Å². The van der Waals surface area contributed by atoms with E-state index in [1.807, 2.05) is 0 Å². The molecule has 1 unspecified atom stereocenters. The van der Waals surface area contributed by atoms with Crippen molar-refractivity contribution in [3.63, 3.8) is 0 Å². The monoisotopic (exact) mass is 206 g/mol. The van der Waals surface area contributed by atoms with Gasteiger partial charge in [-0.1, -0.05) is 0 Å². The molecule has 2 aliphatic rings. The maximum absolute atomic E-state index is 4.34. The van der Waals surface area contributed by atoms with Crippen LogP contribution < -0.4 is 10.6 Å². The molecular weight excluding hydrogens is 188 g/mol. The maximum Gasteiger partial charge on any atom is 0.0925 e. The minimum atomic E-state index is 0.555. The molecule has 1 aliphatic carbocycles. The zero-order chi connectivity index (χ0) is 10.1. The molecule has 1 atom stereocenters. The maximum atomic E-state index is 4.34. The van der Waals surface area contributed by atoms with Crippen LogP contribution in [0.4, 0.5) is 0 Å². The number of imidazole rings is 1. The Balaban J connectivity index is 1.47. The summed E-state index contributed by atoms with van der Waals surface area (Å²) in [6.45, 7) is 3.21. The fourth-order valence-electron chi connectivity index (χ4n) is 2.16. The van der Waals surface area contributed by atoms with E-state index < -0.39 is 0 Å². The van der Waals surface area contributed by atoms with E-state index in [1.54, 1.807) is 6.33 Å². The van der Waals surface area contributed by atoms with Gasteiger partial charge in [0.1, 0.15) is 0 Å². The Morgan fingerprint density at radius 1 is 1.40 bits per heavy atom. The average Bonchev–Trinajstić information content (AvgIpc) is 2.95. The Morgan fingerprint density at radius 3 is 3.20 bits per heavy atom. The van der Waals surface area contributed by atoms with Crippen LogP contribution in [0.1, 0.15) is 24.2 Å². The summed E-state index contributed by atoms with van der Waals surface area (Å²) < 4.78 is 0. The van der Waals surface area contributed by atoms with Gasteiger partial charge in [0.25, 0.3) is 0 Å². The smallest absolute Gasteiger partial charge is 0.0925 e. The van der Waals surface area contributed by atoms with Crippen molar-refractivity contribution in [3.8, 4) is 0 Å². The Kier molecular flexibility index (Phi) is 2.46. The third-order valence-corrected chi connectivity index (χ3v) is 3.34. The fraction of sp³-hybridized carbons (Fsp3) is 0.727. The molecule has 1 fully saturated rings. The summed E-state index contributed by atoms with van der Waals surface area (Å²) in [5.74, 6) is 0.967. The van der Waals surface area contributed by atoms with E-state index in [0.29, 0.717) is 6.04 Å². The zero-order valence-corrected chi connectivity index (χ0v) is 8.92. The van der Waals surface area contributed by atoms with Gasteiger partial charge in [-0.25, -0.2) is 4.98 Å². The zero-order valence-electron chi connectivity index (χ0n) is 8.92. The highest BCUT2D eigenvalue weighted by atomic mass is 15.0. The number of fused-ring (bicyclic) bond motifs is 1. The van der Waals surface area contributed by atoms with Crippen LogP contribution in [0.3, 0.4) is 0 Å². The number of nitrogens with zero attached hydrogens (tertiary/aromatic N) is 1. The predicted octanol–water partition coefficient (Wildman–Crippen LogP) is 0.424. The molecule has 0 saturated heterocycles. The summed E-state index contributed by atoms with van der Waals surface area (Å²) in [4.78, 5) is 7.51. The van der Waals surface area contributed by atoms with Crippen molar-refractivity contribution in [2.45, 2.75) is 31.8 Å². The van der Waals surface area contributed by atoms with E-state index in [0.717, 1.165) is 25.4 Å². The van der Waals surface area contributed by atoms with Gasteiger partial charge < -0.3 is 15.6 Å². The fourth-order valence-corrected chi connectivity index (χ4v) is 2.16. The molecule has 0 radical (unpaired) electrons. The van der Waals surface area contributed by atoms with Crippen molar-refractivity contribution >= 4 is 0 Å². The summed E-state index contributed by atoms with van der Waals surface area (Å²) in [6.07, 6.45) is 5.70. The molecule has 3 rings (SSSR count). The Labute approximate surface area is 89.9 Å². The molecule has 1 aromatic heterocycles. The number of aromatic amines is 1. The van der Waals surface area contributed by atoms with Gasteiger partial charge >= 0.3 is 0 Å². The van der Waals surface area contributed by atoms with Crippen LogP contribution >= 0.6 is 0 Å². The van der Waals surface area contributed by atoms with E-state index >= 15 is 0 Å². The highest BCUT2D eigenvalue weighted by molar-refractivity contribution is 5.15. The minimum absolute atomic E-state index is 0.555. The van der Waals surface area contributed by atoms with Gasteiger partial charge in [0.2, 0.25) is 0 Å². The molecule has 4 heteroatoms. The standard InChI is InChI=1S/C11H18N4/c1-2-8(1)4-12-5-9-3-10-11(6-13-9)15-7-14-10/h7-9,12-13H,1-6H2,(H,14,15). The first-order valence-electron chi connectivity index (χ1n) is 5.87. The second kappa shape index (κ2) is 3.94. The minimum Gasteiger partial charge on any atom is -0.347 e. The molecule has 0 aromatic carbocycles.